The van der Waals surface area contributed by atoms with Gasteiger partial charge in [-0.2, -0.15) is 5.10 Å². The first-order chi connectivity index (χ1) is 16.5. The Morgan fingerprint density at radius 3 is 2.62 bits per heavy atom. The highest BCUT2D eigenvalue weighted by molar-refractivity contribution is 5.43. The molecule has 0 radical (unpaired) electrons. The van der Waals surface area contributed by atoms with Gasteiger partial charge in [-0.15, -0.1) is 6.42 Å². The van der Waals surface area contributed by atoms with E-state index in [0.29, 0.717) is 30.6 Å². The van der Waals surface area contributed by atoms with Crippen molar-refractivity contribution in [3.63, 3.8) is 0 Å². The Morgan fingerprint density at radius 2 is 1.94 bits per heavy atom. The van der Waals surface area contributed by atoms with E-state index in [1.807, 2.05) is 37.3 Å². The molecular weight excluding hydrogens is 433 g/mol. The van der Waals surface area contributed by atoms with Crippen molar-refractivity contribution in [2.24, 2.45) is 5.92 Å². The van der Waals surface area contributed by atoms with E-state index in [9.17, 15) is 9.50 Å². The molecule has 2 aromatic carbocycles. The fourth-order valence-corrected chi connectivity index (χ4v) is 3.88. The number of ether oxygens (including phenoxy) is 2. The molecule has 1 fully saturated rings. The number of para-hydroxylation sites is 1. The second kappa shape index (κ2) is 11.3. The summed E-state index contributed by atoms with van der Waals surface area (Å²) < 4.78 is 26.8. The first-order valence-corrected chi connectivity index (χ1v) is 11.5. The molecule has 1 heterocycles. The Labute approximate surface area is 199 Å². The maximum absolute atomic E-state index is 13.5. The Hall–Kier alpha value is -3.18. The molecule has 1 aliphatic rings. The highest BCUT2D eigenvalue weighted by Gasteiger charge is 2.28. The lowest BCUT2D eigenvalue weighted by atomic mass is 10.2. The van der Waals surface area contributed by atoms with Gasteiger partial charge in [-0.05, 0) is 62.1 Å². The van der Waals surface area contributed by atoms with Crippen LogP contribution in [0.1, 0.15) is 24.1 Å². The fourth-order valence-electron chi connectivity index (χ4n) is 3.88. The molecule has 0 saturated heterocycles. The lowest BCUT2D eigenvalue weighted by Crippen LogP contribution is -2.36. The molecule has 1 atom stereocenters. The van der Waals surface area contributed by atoms with Gasteiger partial charge in [-0.1, -0.05) is 24.1 Å². The average molecular weight is 464 g/mol. The molecule has 1 saturated carbocycles. The van der Waals surface area contributed by atoms with Gasteiger partial charge in [0, 0.05) is 19.6 Å². The number of aryl methyl sites for hydroxylation is 1. The van der Waals surface area contributed by atoms with Crippen LogP contribution in [-0.2, 0) is 11.3 Å². The number of benzene rings is 2. The fraction of sp³-hybridized carbons (Fsp3) is 0.370. The van der Waals surface area contributed by atoms with E-state index in [-0.39, 0.29) is 19.0 Å². The van der Waals surface area contributed by atoms with E-state index in [2.05, 4.69) is 10.8 Å². The van der Waals surface area contributed by atoms with Gasteiger partial charge in [0.25, 0.3) is 0 Å². The summed E-state index contributed by atoms with van der Waals surface area (Å²) >= 11 is 0. The zero-order chi connectivity index (χ0) is 23.9. The van der Waals surface area contributed by atoms with Crippen molar-refractivity contribution >= 4 is 0 Å². The third kappa shape index (κ3) is 6.45. The van der Waals surface area contributed by atoms with Crippen LogP contribution in [0, 0.1) is 31.0 Å². The van der Waals surface area contributed by atoms with E-state index in [1.165, 1.54) is 25.0 Å². The van der Waals surface area contributed by atoms with E-state index in [0.717, 1.165) is 23.5 Å². The van der Waals surface area contributed by atoms with Crippen molar-refractivity contribution in [3.05, 3.63) is 71.7 Å². The van der Waals surface area contributed by atoms with Crippen LogP contribution in [-0.4, -0.2) is 52.2 Å². The third-order valence-electron chi connectivity index (χ3n) is 5.73. The van der Waals surface area contributed by atoms with Crippen molar-refractivity contribution in [2.45, 2.75) is 32.4 Å². The molecule has 34 heavy (non-hydrogen) atoms. The Kier molecular flexibility index (Phi) is 7.96. The number of halogens is 1. The standard InChI is InChI=1S/C27H30FN3O3/c1-3-15-33-19-24(32)17-30(16-21-9-10-21)18-26-20(2)29-31(23-7-5-4-6-8-23)27(26)34-25-13-11-22(28)12-14-25/h1,4-8,11-14,21,24,32H,9-10,15-19H2,2H3. The van der Waals surface area contributed by atoms with Gasteiger partial charge in [-0.25, -0.2) is 9.07 Å². The van der Waals surface area contributed by atoms with Crippen LogP contribution in [0.3, 0.4) is 0 Å². The molecule has 1 unspecified atom stereocenters. The summed E-state index contributed by atoms with van der Waals surface area (Å²) in [7, 11) is 0. The van der Waals surface area contributed by atoms with Gasteiger partial charge < -0.3 is 14.6 Å². The molecule has 4 rings (SSSR count). The number of nitrogens with zero attached hydrogens (tertiary/aromatic N) is 3. The Balaban J connectivity index is 1.62. The lowest BCUT2D eigenvalue weighted by molar-refractivity contribution is 0.0250. The van der Waals surface area contributed by atoms with Gasteiger partial charge in [0.2, 0.25) is 5.88 Å². The smallest absolute Gasteiger partial charge is 0.227 e. The number of aliphatic hydroxyl groups excluding tert-OH is 1. The topological polar surface area (TPSA) is 59.8 Å². The molecule has 7 heteroatoms. The monoisotopic (exact) mass is 463 g/mol. The number of aliphatic hydroxyl groups is 1. The lowest BCUT2D eigenvalue weighted by Gasteiger charge is -2.25. The first kappa shape index (κ1) is 24.0. The minimum atomic E-state index is -0.655. The second-order valence-corrected chi connectivity index (χ2v) is 8.68. The summed E-state index contributed by atoms with van der Waals surface area (Å²) in [6.45, 7) is 4.20. The number of rotatable bonds is 12. The summed E-state index contributed by atoms with van der Waals surface area (Å²) in [5.74, 6) is 3.83. The number of hydrogen-bond donors (Lipinski definition) is 1. The molecule has 0 aliphatic heterocycles. The molecule has 3 aromatic rings. The minimum absolute atomic E-state index is 0.179. The summed E-state index contributed by atoms with van der Waals surface area (Å²) in [6.07, 6.45) is 6.97. The average Bonchev–Trinajstić information content (AvgIpc) is 3.60. The van der Waals surface area contributed by atoms with Crippen molar-refractivity contribution in [1.29, 1.82) is 0 Å². The van der Waals surface area contributed by atoms with Crippen LogP contribution in [0.4, 0.5) is 4.39 Å². The van der Waals surface area contributed by atoms with Gasteiger partial charge >= 0.3 is 0 Å². The maximum atomic E-state index is 13.5. The number of aromatic nitrogens is 2. The molecule has 178 valence electrons. The van der Waals surface area contributed by atoms with Crippen LogP contribution < -0.4 is 4.74 Å². The van der Waals surface area contributed by atoms with E-state index in [1.54, 1.807) is 16.8 Å². The molecule has 0 amide bonds. The number of terminal acetylenes is 1. The number of hydrogen-bond acceptors (Lipinski definition) is 5. The summed E-state index contributed by atoms with van der Waals surface area (Å²) in [6, 6.07) is 15.7. The molecule has 1 N–H and O–H groups in total. The molecule has 1 aromatic heterocycles. The van der Waals surface area contributed by atoms with Crippen LogP contribution in [0.2, 0.25) is 0 Å². The predicted molar refractivity (Wildman–Crippen MR) is 128 cm³/mol. The molecule has 6 nitrogen and oxygen atoms in total. The summed E-state index contributed by atoms with van der Waals surface area (Å²) in [5.41, 5.74) is 2.62. The van der Waals surface area contributed by atoms with E-state index < -0.39 is 6.10 Å². The van der Waals surface area contributed by atoms with E-state index >= 15 is 0 Å². The first-order valence-electron chi connectivity index (χ1n) is 11.5. The minimum Gasteiger partial charge on any atom is -0.439 e. The zero-order valence-corrected chi connectivity index (χ0v) is 19.4. The molecule has 0 bridgehead atoms. The van der Waals surface area contributed by atoms with Gasteiger partial charge in [0.15, 0.2) is 0 Å². The van der Waals surface area contributed by atoms with Gasteiger partial charge in [0.05, 0.1) is 29.7 Å². The van der Waals surface area contributed by atoms with Crippen LogP contribution in [0.15, 0.2) is 54.6 Å². The third-order valence-corrected chi connectivity index (χ3v) is 5.73. The maximum Gasteiger partial charge on any atom is 0.227 e. The van der Waals surface area contributed by atoms with Crippen LogP contribution in [0.5, 0.6) is 11.6 Å². The van der Waals surface area contributed by atoms with Gasteiger partial charge in [0.1, 0.15) is 18.2 Å². The van der Waals surface area contributed by atoms with Crippen LogP contribution >= 0.6 is 0 Å². The van der Waals surface area contributed by atoms with E-state index in [4.69, 9.17) is 21.0 Å². The summed E-state index contributed by atoms with van der Waals surface area (Å²) in [4.78, 5) is 2.22. The predicted octanol–water partition coefficient (Wildman–Crippen LogP) is 4.33. The van der Waals surface area contributed by atoms with Gasteiger partial charge in [-0.3, -0.25) is 4.90 Å². The van der Waals surface area contributed by atoms with Crippen molar-refractivity contribution in [2.75, 3.05) is 26.3 Å². The highest BCUT2D eigenvalue weighted by Crippen LogP contribution is 2.34. The Morgan fingerprint density at radius 1 is 1.21 bits per heavy atom. The molecule has 0 spiro atoms. The summed E-state index contributed by atoms with van der Waals surface area (Å²) in [5, 5.41) is 15.3. The highest BCUT2D eigenvalue weighted by atomic mass is 19.1. The van der Waals surface area contributed by atoms with Crippen molar-refractivity contribution in [3.8, 4) is 29.7 Å². The largest absolute Gasteiger partial charge is 0.439 e. The van der Waals surface area contributed by atoms with Crippen molar-refractivity contribution in [1.82, 2.24) is 14.7 Å². The second-order valence-electron chi connectivity index (χ2n) is 8.68. The van der Waals surface area contributed by atoms with Crippen LogP contribution in [0.25, 0.3) is 5.69 Å². The SMILES string of the molecule is C#CCOCC(O)CN(Cc1c(C)nn(-c2ccccc2)c1Oc1ccc(F)cc1)CC1CC1. The Bertz CT molecular complexity index is 1100. The normalized spacial score (nSPS) is 14.2. The quantitative estimate of drug-likeness (QED) is 0.320. The zero-order valence-electron chi connectivity index (χ0n) is 19.4. The molecular formula is C27H30FN3O3. The van der Waals surface area contributed by atoms with Crippen molar-refractivity contribution < 1.29 is 19.0 Å². The molecule has 1 aliphatic carbocycles.